The summed E-state index contributed by atoms with van der Waals surface area (Å²) in [6.45, 7) is 0. The molecule has 0 saturated heterocycles. The molecule has 0 aromatic heterocycles. The summed E-state index contributed by atoms with van der Waals surface area (Å²) in [4.78, 5) is 11.3. The molecule has 0 bridgehead atoms. The van der Waals surface area contributed by atoms with Gasteiger partial charge in [-0.05, 0) is 17.7 Å². The topological polar surface area (TPSA) is 72.5 Å². The van der Waals surface area contributed by atoms with Crippen molar-refractivity contribution in [2.75, 3.05) is 7.11 Å². The number of carbonyl (C=O) groups is 1. The van der Waals surface area contributed by atoms with Gasteiger partial charge in [0.25, 0.3) is 0 Å². The van der Waals surface area contributed by atoms with Gasteiger partial charge in [-0.25, -0.2) is 17.6 Å². The molecule has 2 aromatic carbocycles. The summed E-state index contributed by atoms with van der Waals surface area (Å²) in [6, 6.07) is 10.4. The third-order valence-corrected chi connectivity index (χ3v) is 4.78. The number of hydrogen-bond acceptors (Lipinski definition) is 4. The van der Waals surface area contributed by atoms with Crippen molar-refractivity contribution in [3.05, 3.63) is 64.9 Å². The van der Waals surface area contributed by atoms with E-state index in [4.69, 9.17) is 11.6 Å². The molecule has 0 spiro atoms. The average molecular weight is 358 g/mol. The van der Waals surface area contributed by atoms with Crippen molar-refractivity contribution < 1.29 is 22.3 Å². The van der Waals surface area contributed by atoms with E-state index in [9.17, 15) is 17.6 Å². The van der Waals surface area contributed by atoms with Crippen LogP contribution in [0.1, 0.15) is 11.6 Å². The lowest BCUT2D eigenvalue weighted by Crippen LogP contribution is -2.35. The molecule has 1 unspecified atom stereocenters. The summed E-state index contributed by atoms with van der Waals surface area (Å²) in [6.07, 6.45) is 0. The molecule has 0 radical (unpaired) electrons. The molecule has 1 atom stereocenters. The summed E-state index contributed by atoms with van der Waals surface area (Å²) in [5.74, 6) is -1.90. The number of benzene rings is 2. The molecule has 2 aromatic rings. The first-order valence-electron chi connectivity index (χ1n) is 6.46. The molecule has 0 heterocycles. The monoisotopic (exact) mass is 357 g/mol. The van der Waals surface area contributed by atoms with E-state index in [1.165, 1.54) is 12.1 Å². The number of esters is 1. The minimum absolute atomic E-state index is 0.331. The predicted molar refractivity (Wildman–Crippen MR) is 82.9 cm³/mol. The Hall–Kier alpha value is -1.96. The van der Waals surface area contributed by atoms with Crippen LogP contribution in [0.4, 0.5) is 4.39 Å². The van der Waals surface area contributed by atoms with Gasteiger partial charge in [-0.3, -0.25) is 0 Å². The van der Waals surface area contributed by atoms with Crippen LogP contribution in [0.2, 0.25) is 5.02 Å². The fraction of sp³-hybridized carbons (Fsp3) is 0.133. The Balaban J connectivity index is 2.43. The van der Waals surface area contributed by atoms with Gasteiger partial charge in [0.2, 0.25) is 10.0 Å². The van der Waals surface area contributed by atoms with Crippen molar-refractivity contribution in [3.8, 4) is 0 Å². The zero-order valence-electron chi connectivity index (χ0n) is 12.0. The number of carbonyl (C=O) groups excluding carboxylic acids is 1. The first-order chi connectivity index (χ1) is 10.9. The fourth-order valence-corrected chi connectivity index (χ4v) is 3.43. The lowest BCUT2D eigenvalue weighted by atomic mass is 10.1. The van der Waals surface area contributed by atoms with Crippen LogP contribution < -0.4 is 4.72 Å². The Labute approximate surface area is 138 Å². The third-order valence-electron chi connectivity index (χ3n) is 3.05. The maximum absolute atomic E-state index is 14.0. The summed E-state index contributed by atoms with van der Waals surface area (Å²) in [5, 5.41) is -0.331. The van der Waals surface area contributed by atoms with Gasteiger partial charge in [-0.1, -0.05) is 48.0 Å². The van der Waals surface area contributed by atoms with Crippen LogP contribution >= 0.6 is 11.6 Å². The summed E-state index contributed by atoms with van der Waals surface area (Å²) in [7, 11) is -3.19. The maximum atomic E-state index is 14.0. The van der Waals surface area contributed by atoms with E-state index in [0.717, 1.165) is 13.2 Å². The SMILES string of the molecule is COC(=O)C(NS(=O)(=O)c1cccc(Cl)c1F)c1ccccc1. The van der Waals surface area contributed by atoms with Crippen molar-refractivity contribution in [1.29, 1.82) is 0 Å². The average Bonchev–Trinajstić information content (AvgIpc) is 2.55. The molecule has 0 saturated carbocycles. The van der Waals surface area contributed by atoms with E-state index in [-0.39, 0.29) is 5.02 Å². The van der Waals surface area contributed by atoms with Gasteiger partial charge in [0, 0.05) is 0 Å². The zero-order valence-corrected chi connectivity index (χ0v) is 13.6. The zero-order chi connectivity index (χ0) is 17.0. The molecule has 5 nitrogen and oxygen atoms in total. The quantitative estimate of drug-likeness (QED) is 0.835. The molecule has 0 aliphatic rings. The standard InChI is InChI=1S/C15H13ClFNO4S/c1-22-15(19)14(10-6-3-2-4-7-10)18-23(20,21)12-9-5-8-11(16)13(12)17/h2-9,14,18H,1H3. The van der Waals surface area contributed by atoms with Gasteiger partial charge in [0.05, 0.1) is 12.1 Å². The Morgan fingerprint density at radius 1 is 1.17 bits per heavy atom. The minimum atomic E-state index is -4.33. The number of rotatable bonds is 5. The van der Waals surface area contributed by atoms with E-state index in [1.807, 2.05) is 0 Å². The molecule has 0 amide bonds. The smallest absolute Gasteiger partial charge is 0.328 e. The van der Waals surface area contributed by atoms with Crippen molar-refractivity contribution in [2.24, 2.45) is 0 Å². The highest BCUT2D eigenvalue weighted by Crippen LogP contribution is 2.24. The van der Waals surface area contributed by atoms with Crippen LogP contribution in [0, 0.1) is 5.82 Å². The van der Waals surface area contributed by atoms with Crippen LogP contribution in [-0.2, 0) is 19.6 Å². The molecule has 122 valence electrons. The van der Waals surface area contributed by atoms with Crippen LogP contribution in [-0.4, -0.2) is 21.5 Å². The van der Waals surface area contributed by atoms with Gasteiger partial charge in [0.1, 0.15) is 10.9 Å². The second-order valence-electron chi connectivity index (χ2n) is 4.54. The highest BCUT2D eigenvalue weighted by Gasteiger charge is 2.30. The molecule has 0 fully saturated rings. The number of halogens is 2. The fourth-order valence-electron chi connectivity index (χ4n) is 1.93. The van der Waals surface area contributed by atoms with Crippen molar-refractivity contribution in [1.82, 2.24) is 4.72 Å². The Morgan fingerprint density at radius 3 is 2.43 bits per heavy atom. The Kier molecular flexibility index (Phi) is 5.35. The lowest BCUT2D eigenvalue weighted by molar-refractivity contribution is -0.142. The second-order valence-corrected chi connectivity index (χ2v) is 6.63. The van der Waals surface area contributed by atoms with E-state index in [0.29, 0.717) is 5.56 Å². The number of nitrogens with one attached hydrogen (secondary N) is 1. The van der Waals surface area contributed by atoms with E-state index < -0.39 is 32.7 Å². The number of sulfonamides is 1. The van der Waals surface area contributed by atoms with Crippen LogP contribution in [0.5, 0.6) is 0 Å². The predicted octanol–water partition coefficient (Wildman–Crippen LogP) is 2.67. The van der Waals surface area contributed by atoms with Gasteiger partial charge < -0.3 is 4.74 Å². The third kappa shape index (κ3) is 3.87. The minimum Gasteiger partial charge on any atom is -0.468 e. The first kappa shape index (κ1) is 17.4. The van der Waals surface area contributed by atoms with Crippen molar-refractivity contribution >= 4 is 27.6 Å². The number of ether oxygens (including phenoxy) is 1. The van der Waals surface area contributed by atoms with Crippen LogP contribution in [0.25, 0.3) is 0 Å². The summed E-state index contributed by atoms with van der Waals surface area (Å²) < 4.78 is 45.5. The maximum Gasteiger partial charge on any atom is 0.328 e. The van der Waals surface area contributed by atoms with Crippen LogP contribution in [0.3, 0.4) is 0 Å². The van der Waals surface area contributed by atoms with Gasteiger partial charge >= 0.3 is 5.97 Å². The van der Waals surface area contributed by atoms with E-state index in [2.05, 4.69) is 9.46 Å². The molecule has 0 aliphatic heterocycles. The van der Waals surface area contributed by atoms with Crippen LogP contribution in [0.15, 0.2) is 53.4 Å². The molecular weight excluding hydrogens is 345 g/mol. The first-order valence-corrected chi connectivity index (χ1v) is 8.32. The second kappa shape index (κ2) is 7.08. The Bertz CT molecular complexity index is 811. The molecule has 8 heteroatoms. The number of hydrogen-bond donors (Lipinski definition) is 1. The highest BCUT2D eigenvalue weighted by atomic mass is 35.5. The Morgan fingerprint density at radius 2 is 1.83 bits per heavy atom. The molecule has 2 rings (SSSR count). The molecule has 1 N–H and O–H groups in total. The van der Waals surface area contributed by atoms with Gasteiger partial charge in [-0.15, -0.1) is 0 Å². The molecule has 23 heavy (non-hydrogen) atoms. The van der Waals surface area contributed by atoms with Crippen molar-refractivity contribution in [3.63, 3.8) is 0 Å². The van der Waals surface area contributed by atoms with E-state index >= 15 is 0 Å². The number of methoxy groups -OCH3 is 1. The highest BCUT2D eigenvalue weighted by molar-refractivity contribution is 7.89. The molecule has 0 aliphatic carbocycles. The van der Waals surface area contributed by atoms with Crippen molar-refractivity contribution in [2.45, 2.75) is 10.9 Å². The lowest BCUT2D eigenvalue weighted by Gasteiger charge is -2.17. The van der Waals surface area contributed by atoms with E-state index in [1.54, 1.807) is 30.3 Å². The summed E-state index contributed by atoms with van der Waals surface area (Å²) >= 11 is 5.60. The van der Waals surface area contributed by atoms with Gasteiger partial charge in [0.15, 0.2) is 5.82 Å². The largest absolute Gasteiger partial charge is 0.468 e. The van der Waals surface area contributed by atoms with Gasteiger partial charge in [-0.2, -0.15) is 4.72 Å². The molecular formula is C15H13ClFNO4S. The normalized spacial score (nSPS) is 12.7. The summed E-state index contributed by atoms with van der Waals surface area (Å²) in [5.41, 5.74) is 0.366.